The third-order valence-electron chi connectivity index (χ3n) is 7.40. The first-order valence-corrected chi connectivity index (χ1v) is 14.0. The van der Waals surface area contributed by atoms with Crippen molar-refractivity contribution >= 4 is 11.9 Å². The van der Waals surface area contributed by atoms with Crippen LogP contribution in [0.1, 0.15) is 60.1 Å². The smallest absolute Gasteiger partial charge is 0.303 e. The van der Waals surface area contributed by atoms with Gasteiger partial charge in [-0.05, 0) is 35.9 Å². The number of carbonyl (C=O) groups excluding carboxylic acids is 1. The number of aliphatic carboxylic acids is 1. The van der Waals surface area contributed by atoms with Crippen LogP contribution in [0.5, 0.6) is 0 Å². The fourth-order valence-electron chi connectivity index (χ4n) is 4.88. The zero-order valence-corrected chi connectivity index (χ0v) is 23.6. The lowest BCUT2D eigenvalue weighted by Gasteiger charge is -2.42. The Hall–Kier alpha value is -3.63. The number of likely N-dealkylation sites (N-methyl/N-ethyl adjacent to an activating group) is 1. The molecule has 0 aliphatic carbocycles. The standard InChI is InChI=1S/C32H39N3O6/c1-22-28(20-35(2)18-16-27-5-3-4-17-33-27)40-32(41-31(22)25-10-8-24(21-36)9-11-25)26-12-6-23(7-13-26)19-34-29(37)14-15-30(38)39/h3-13,17,22,28,31-32,36H,14-16,18-21H2,1-2H3,(H,34,37)(H,38,39)/t22-,28+,31+,32+/m1/s1. The molecule has 0 saturated carbocycles. The lowest BCUT2D eigenvalue weighted by atomic mass is 9.90. The van der Waals surface area contributed by atoms with Crippen molar-refractivity contribution in [2.45, 2.75) is 57.8 Å². The minimum atomic E-state index is -0.994. The summed E-state index contributed by atoms with van der Waals surface area (Å²) in [6.07, 6.45) is 1.54. The first-order chi connectivity index (χ1) is 19.8. The minimum Gasteiger partial charge on any atom is -0.481 e. The molecule has 1 saturated heterocycles. The molecule has 0 radical (unpaired) electrons. The van der Waals surface area contributed by atoms with Crippen molar-refractivity contribution in [2.24, 2.45) is 5.92 Å². The van der Waals surface area contributed by atoms with Gasteiger partial charge in [0.05, 0.1) is 25.2 Å². The zero-order chi connectivity index (χ0) is 29.2. The van der Waals surface area contributed by atoms with Crippen molar-refractivity contribution in [3.63, 3.8) is 0 Å². The Labute approximate surface area is 241 Å². The number of aromatic nitrogens is 1. The largest absolute Gasteiger partial charge is 0.481 e. The fourth-order valence-corrected chi connectivity index (χ4v) is 4.88. The molecule has 1 aliphatic heterocycles. The second kappa shape index (κ2) is 14.8. The third-order valence-corrected chi connectivity index (χ3v) is 7.40. The van der Waals surface area contributed by atoms with E-state index in [4.69, 9.17) is 14.6 Å². The first kappa shape index (κ1) is 30.3. The number of nitrogens with zero attached hydrogens (tertiary/aromatic N) is 2. The highest BCUT2D eigenvalue weighted by Crippen LogP contribution is 2.41. The minimum absolute atomic E-state index is 0.0108. The van der Waals surface area contributed by atoms with Crippen molar-refractivity contribution in [3.05, 3.63) is 101 Å². The van der Waals surface area contributed by atoms with Crippen LogP contribution in [-0.2, 0) is 38.6 Å². The molecule has 41 heavy (non-hydrogen) atoms. The van der Waals surface area contributed by atoms with Crippen LogP contribution in [0.25, 0.3) is 0 Å². The number of benzene rings is 2. The molecule has 3 N–H and O–H groups in total. The quantitative estimate of drug-likeness (QED) is 0.286. The number of ether oxygens (including phenoxy) is 2. The number of hydrogen-bond donors (Lipinski definition) is 3. The molecule has 9 heteroatoms. The maximum atomic E-state index is 11.9. The molecule has 9 nitrogen and oxygen atoms in total. The Morgan fingerprint density at radius 2 is 1.66 bits per heavy atom. The molecule has 1 amide bonds. The van der Waals surface area contributed by atoms with Crippen LogP contribution >= 0.6 is 0 Å². The number of hydrogen-bond acceptors (Lipinski definition) is 7. The van der Waals surface area contributed by atoms with Crippen molar-refractivity contribution < 1.29 is 29.3 Å². The van der Waals surface area contributed by atoms with Crippen LogP contribution in [0, 0.1) is 5.92 Å². The van der Waals surface area contributed by atoms with Crippen LogP contribution < -0.4 is 5.32 Å². The third kappa shape index (κ3) is 8.93. The summed E-state index contributed by atoms with van der Waals surface area (Å²) in [7, 11) is 2.09. The SMILES string of the molecule is C[C@@H]1[C@H](CN(C)CCc2ccccn2)O[C@H](c2ccc(CNC(=O)CCC(=O)O)cc2)O[C@@H]1c1ccc(CO)cc1. The van der Waals surface area contributed by atoms with Gasteiger partial charge in [-0.2, -0.15) is 0 Å². The van der Waals surface area contributed by atoms with Gasteiger partial charge < -0.3 is 29.9 Å². The number of rotatable bonds is 13. The van der Waals surface area contributed by atoms with Gasteiger partial charge in [-0.3, -0.25) is 14.6 Å². The topological polar surface area (TPSA) is 121 Å². The van der Waals surface area contributed by atoms with E-state index in [1.165, 1.54) is 0 Å². The number of pyridine rings is 1. The van der Waals surface area contributed by atoms with Crippen molar-refractivity contribution in [2.75, 3.05) is 20.1 Å². The number of amides is 1. The van der Waals surface area contributed by atoms with Gasteiger partial charge in [0, 0.05) is 55.8 Å². The summed E-state index contributed by atoms with van der Waals surface area (Å²) >= 11 is 0. The van der Waals surface area contributed by atoms with Crippen LogP contribution in [0.4, 0.5) is 0 Å². The predicted octanol–water partition coefficient (Wildman–Crippen LogP) is 4.02. The summed E-state index contributed by atoms with van der Waals surface area (Å²) in [5.74, 6) is -1.22. The van der Waals surface area contributed by atoms with Gasteiger partial charge in [-0.15, -0.1) is 0 Å². The van der Waals surface area contributed by atoms with E-state index < -0.39 is 12.3 Å². The van der Waals surface area contributed by atoms with E-state index in [0.29, 0.717) is 6.54 Å². The average molecular weight is 562 g/mol. The van der Waals surface area contributed by atoms with E-state index >= 15 is 0 Å². The van der Waals surface area contributed by atoms with E-state index in [9.17, 15) is 14.7 Å². The second-order valence-electron chi connectivity index (χ2n) is 10.6. The summed E-state index contributed by atoms with van der Waals surface area (Å²) in [6.45, 7) is 4.01. The summed E-state index contributed by atoms with van der Waals surface area (Å²) < 4.78 is 13.1. The first-order valence-electron chi connectivity index (χ1n) is 14.0. The Bertz CT molecular complexity index is 1250. The van der Waals surface area contributed by atoms with Gasteiger partial charge in [-0.25, -0.2) is 0 Å². The lowest BCUT2D eigenvalue weighted by molar-refractivity contribution is -0.275. The van der Waals surface area contributed by atoms with Crippen molar-refractivity contribution in [1.82, 2.24) is 15.2 Å². The molecule has 1 aromatic heterocycles. The highest BCUT2D eigenvalue weighted by atomic mass is 16.7. The molecular weight excluding hydrogens is 522 g/mol. The molecule has 4 atom stereocenters. The normalized spacial score (nSPS) is 20.6. The predicted molar refractivity (Wildman–Crippen MR) is 154 cm³/mol. The maximum absolute atomic E-state index is 11.9. The average Bonchev–Trinajstić information content (AvgIpc) is 3.00. The molecule has 2 aromatic carbocycles. The van der Waals surface area contributed by atoms with Crippen LogP contribution in [0.2, 0.25) is 0 Å². The molecule has 0 unspecified atom stereocenters. The molecule has 4 rings (SSSR count). The number of nitrogens with one attached hydrogen (secondary N) is 1. The molecule has 1 aliphatic rings. The second-order valence-corrected chi connectivity index (χ2v) is 10.6. The molecule has 1 fully saturated rings. The van der Waals surface area contributed by atoms with E-state index in [1.807, 2.05) is 72.9 Å². The number of aliphatic hydroxyl groups excluding tert-OH is 1. The molecule has 0 bridgehead atoms. The maximum Gasteiger partial charge on any atom is 0.303 e. The Kier molecular flexibility index (Phi) is 11.0. The van der Waals surface area contributed by atoms with E-state index in [-0.39, 0.29) is 43.5 Å². The molecule has 218 valence electrons. The monoisotopic (exact) mass is 561 g/mol. The Morgan fingerprint density at radius 3 is 2.32 bits per heavy atom. The molecular formula is C32H39N3O6. The van der Waals surface area contributed by atoms with Gasteiger partial charge in [-0.1, -0.05) is 61.5 Å². The Balaban J connectivity index is 1.45. The highest BCUT2D eigenvalue weighted by molar-refractivity contribution is 5.80. The molecule has 3 aromatic rings. The van der Waals surface area contributed by atoms with Crippen molar-refractivity contribution in [3.8, 4) is 0 Å². The summed E-state index contributed by atoms with van der Waals surface area (Å²) in [6, 6.07) is 21.5. The number of carboxylic acids is 1. The molecule has 0 spiro atoms. The van der Waals surface area contributed by atoms with E-state index in [0.717, 1.165) is 47.5 Å². The highest BCUT2D eigenvalue weighted by Gasteiger charge is 2.38. The fraction of sp³-hybridized carbons (Fsp3) is 0.406. The van der Waals surface area contributed by atoms with Crippen LogP contribution in [-0.4, -0.2) is 58.2 Å². The van der Waals surface area contributed by atoms with Gasteiger partial charge in [0.1, 0.15) is 0 Å². The number of carbonyl (C=O) groups is 2. The summed E-state index contributed by atoms with van der Waals surface area (Å²) in [4.78, 5) is 29.3. The zero-order valence-electron chi connectivity index (χ0n) is 23.6. The van der Waals surface area contributed by atoms with Gasteiger partial charge in [0.25, 0.3) is 0 Å². The number of carboxylic acid groups (broad SMARTS) is 1. The number of aliphatic hydroxyl groups is 1. The Morgan fingerprint density at radius 1 is 0.951 bits per heavy atom. The lowest BCUT2D eigenvalue weighted by Crippen LogP contribution is -2.43. The summed E-state index contributed by atoms with van der Waals surface area (Å²) in [5, 5.41) is 21.0. The van der Waals surface area contributed by atoms with Gasteiger partial charge in [0.15, 0.2) is 6.29 Å². The van der Waals surface area contributed by atoms with E-state index in [1.54, 1.807) is 0 Å². The van der Waals surface area contributed by atoms with E-state index in [2.05, 4.69) is 29.2 Å². The van der Waals surface area contributed by atoms with Gasteiger partial charge in [0.2, 0.25) is 5.91 Å². The van der Waals surface area contributed by atoms with Crippen LogP contribution in [0.15, 0.2) is 72.9 Å². The van der Waals surface area contributed by atoms with Gasteiger partial charge >= 0.3 is 5.97 Å². The molecule has 2 heterocycles. The summed E-state index contributed by atoms with van der Waals surface area (Å²) in [5.41, 5.74) is 4.70. The van der Waals surface area contributed by atoms with Crippen molar-refractivity contribution in [1.29, 1.82) is 0 Å². The van der Waals surface area contributed by atoms with Crippen LogP contribution in [0.3, 0.4) is 0 Å².